The van der Waals surface area contributed by atoms with Gasteiger partial charge in [-0.25, -0.2) is 13.8 Å². The molecule has 2 fully saturated rings. The minimum atomic E-state index is -0.988. The van der Waals surface area contributed by atoms with Gasteiger partial charge in [0.2, 0.25) is 5.91 Å². The molecule has 0 saturated carbocycles. The second-order valence-corrected chi connectivity index (χ2v) is 9.40. The Morgan fingerprint density at radius 3 is 2.47 bits per heavy atom. The maximum atomic E-state index is 13.8. The van der Waals surface area contributed by atoms with Gasteiger partial charge in [0.15, 0.2) is 11.6 Å². The first kappa shape index (κ1) is 21.1. The number of halogens is 2. The zero-order valence-electron chi connectivity index (χ0n) is 18.4. The van der Waals surface area contributed by atoms with Crippen LogP contribution in [0.4, 0.5) is 14.5 Å². The molecular formula is C23H24BF2N3O3. The molecule has 0 bridgehead atoms. The number of aromatic amines is 1. The molecule has 0 unspecified atom stereocenters. The standard InChI is InChI=1S/C23H24BF2N3O3/c1-22(2)23(3,4)32-24(31-22)13-5-8-17-18(11-13)28-21(27-17)19-9-10-20(30)29(19)14-6-7-15(25)16(26)12-14/h5-8,11-12,19H,9-10H2,1-4H3,(H,27,28)/t19-/m0/s1. The molecule has 9 heteroatoms. The van der Waals surface area contributed by atoms with E-state index in [0.29, 0.717) is 24.4 Å². The Kier molecular flexibility index (Phi) is 4.69. The van der Waals surface area contributed by atoms with E-state index in [-0.39, 0.29) is 11.9 Å². The Morgan fingerprint density at radius 2 is 1.78 bits per heavy atom. The molecule has 2 aliphatic rings. The van der Waals surface area contributed by atoms with Gasteiger partial charge >= 0.3 is 7.12 Å². The summed E-state index contributed by atoms with van der Waals surface area (Å²) < 4.78 is 39.5. The normalized spacial score (nSPS) is 22.3. The van der Waals surface area contributed by atoms with Crippen LogP contribution in [0.5, 0.6) is 0 Å². The predicted octanol–water partition coefficient (Wildman–Crippen LogP) is 4.01. The topological polar surface area (TPSA) is 67.5 Å². The van der Waals surface area contributed by atoms with Gasteiger partial charge in [-0.1, -0.05) is 6.07 Å². The van der Waals surface area contributed by atoms with Gasteiger partial charge in [-0.3, -0.25) is 4.79 Å². The van der Waals surface area contributed by atoms with E-state index in [1.54, 1.807) is 0 Å². The number of benzene rings is 2. The fraction of sp³-hybridized carbons (Fsp3) is 0.391. The van der Waals surface area contributed by atoms with E-state index in [9.17, 15) is 13.6 Å². The van der Waals surface area contributed by atoms with Crippen molar-refractivity contribution in [3.63, 3.8) is 0 Å². The number of aromatic nitrogens is 2. The zero-order valence-corrected chi connectivity index (χ0v) is 18.4. The van der Waals surface area contributed by atoms with E-state index in [0.717, 1.165) is 28.6 Å². The zero-order chi connectivity index (χ0) is 22.8. The molecule has 0 spiro atoms. The quantitative estimate of drug-likeness (QED) is 0.627. The molecular weight excluding hydrogens is 415 g/mol. The van der Waals surface area contributed by atoms with Crippen LogP contribution in [0.3, 0.4) is 0 Å². The van der Waals surface area contributed by atoms with Crippen LogP contribution >= 0.6 is 0 Å². The summed E-state index contributed by atoms with van der Waals surface area (Å²) in [5.41, 5.74) is 1.81. The average molecular weight is 439 g/mol. The molecule has 0 radical (unpaired) electrons. The number of carbonyl (C=O) groups is 1. The molecule has 166 valence electrons. The van der Waals surface area contributed by atoms with Crippen molar-refractivity contribution in [2.24, 2.45) is 0 Å². The number of nitrogens with zero attached hydrogens (tertiary/aromatic N) is 2. The van der Waals surface area contributed by atoms with Crippen LogP contribution in [0.15, 0.2) is 36.4 Å². The first-order valence-corrected chi connectivity index (χ1v) is 10.7. The minimum Gasteiger partial charge on any atom is -0.399 e. The molecule has 0 aliphatic carbocycles. The summed E-state index contributed by atoms with van der Waals surface area (Å²) in [6.07, 6.45) is 0.835. The van der Waals surface area contributed by atoms with Crippen molar-refractivity contribution in [1.82, 2.24) is 9.97 Å². The number of hydrogen-bond acceptors (Lipinski definition) is 4. The molecule has 6 nitrogen and oxygen atoms in total. The summed E-state index contributed by atoms with van der Waals surface area (Å²) in [6.45, 7) is 8.01. The monoisotopic (exact) mass is 439 g/mol. The average Bonchev–Trinajstić information content (AvgIpc) is 3.37. The lowest BCUT2D eigenvalue weighted by Gasteiger charge is -2.32. The highest BCUT2D eigenvalue weighted by Gasteiger charge is 2.51. The third-order valence-corrected chi connectivity index (χ3v) is 6.76. The molecule has 2 aromatic carbocycles. The lowest BCUT2D eigenvalue weighted by atomic mass is 9.79. The Labute approximate surface area is 185 Å². The summed E-state index contributed by atoms with van der Waals surface area (Å²) in [5, 5.41) is 0. The predicted molar refractivity (Wildman–Crippen MR) is 118 cm³/mol. The summed E-state index contributed by atoms with van der Waals surface area (Å²) >= 11 is 0. The molecule has 2 aliphatic heterocycles. The van der Waals surface area contributed by atoms with E-state index in [1.165, 1.54) is 11.0 Å². The second kappa shape index (κ2) is 7.11. The summed E-state index contributed by atoms with van der Waals surface area (Å²) in [4.78, 5) is 22.0. The summed E-state index contributed by atoms with van der Waals surface area (Å²) in [7, 11) is -0.503. The van der Waals surface area contributed by atoms with Gasteiger partial charge in [-0.05, 0) is 63.8 Å². The van der Waals surface area contributed by atoms with Crippen molar-refractivity contribution in [3.8, 4) is 0 Å². The van der Waals surface area contributed by atoms with Crippen molar-refractivity contribution in [2.75, 3.05) is 4.90 Å². The molecule has 5 rings (SSSR count). The molecule has 3 heterocycles. The van der Waals surface area contributed by atoms with Gasteiger partial charge < -0.3 is 19.2 Å². The van der Waals surface area contributed by atoms with Gasteiger partial charge in [0.05, 0.1) is 28.3 Å². The van der Waals surface area contributed by atoms with Crippen LogP contribution in [0.2, 0.25) is 0 Å². The summed E-state index contributed by atoms with van der Waals surface area (Å²) in [5.74, 6) is -1.49. The SMILES string of the molecule is CC1(C)OB(c2ccc3[nH]c([C@@H]4CCC(=O)N4c4ccc(F)c(F)c4)nc3c2)OC1(C)C. The van der Waals surface area contributed by atoms with E-state index in [1.807, 2.05) is 45.9 Å². The number of amides is 1. The maximum absolute atomic E-state index is 13.8. The first-order chi connectivity index (χ1) is 15.1. The molecule has 1 N–H and O–H groups in total. The molecule has 1 aromatic heterocycles. The molecule has 1 amide bonds. The number of hydrogen-bond donors (Lipinski definition) is 1. The number of carbonyl (C=O) groups excluding carboxylic acids is 1. The molecule has 32 heavy (non-hydrogen) atoms. The van der Waals surface area contributed by atoms with E-state index in [2.05, 4.69) is 4.98 Å². The second-order valence-electron chi connectivity index (χ2n) is 9.40. The fourth-order valence-electron chi connectivity index (χ4n) is 4.23. The first-order valence-electron chi connectivity index (χ1n) is 10.7. The number of H-pyrrole nitrogens is 1. The number of anilines is 1. The van der Waals surface area contributed by atoms with E-state index >= 15 is 0 Å². The largest absolute Gasteiger partial charge is 0.494 e. The number of rotatable bonds is 3. The van der Waals surface area contributed by atoms with Gasteiger partial charge in [-0.15, -0.1) is 0 Å². The van der Waals surface area contributed by atoms with Gasteiger partial charge in [0, 0.05) is 18.2 Å². The number of imidazole rings is 1. The Morgan fingerprint density at radius 1 is 1.06 bits per heavy atom. The van der Waals surface area contributed by atoms with Crippen molar-refractivity contribution < 1.29 is 22.9 Å². The van der Waals surface area contributed by atoms with Gasteiger partial charge in [0.25, 0.3) is 0 Å². The third-order valence-electron chi connectivity index (χ3n) is 6.76. The van der Waals surface area contributed by atoms with Crippen LogP contribution in [0.25, 0.3) is 11.0 Å². The molecule has 3 aromatic rings. The van der Waals surface area contributed by atoms with Crippen LogP contribution < -0.4 is 10.4 Å². The van der Waals surface area contributed by atoms with Gasteiger partial charge in [0.1, 0.15) is 5.82 Å². The highest BCUT2D eigenvalue weighted by molar-refractivity contribution is 6.62. The van der Waals surface area contributed by atoms with Crippen LogP contribution in [-0.2, 0) is 14.1 Å². The van der Waals surface area contributed by atoms with Crippen molar-refractivity contribution >= 4 is 35.2 Å². The lowest BCUT2D eigenvalue weighted by molar-refractivity contribution is -0.117. The highest BCUT2D eigenvalue weighted by Crippen LogP contribution is 2.38. The van der Waals surface area contributed by atoms with Crippen molar-refractivity contribution in [3.05, 3.63) is 53.9 Å². The van der Waals surface area contributed by atoms with Crippen molar-refractivity contribution in [1.29, 1.82) is 0 Å². The maximum Gasteiger partial charge on any atom is 0.494 e. The number of fused-ring (bicyclic) bond motifs is 1. The van der Waals surface area contributed by atoms with Gasteiger partial charge in [-0.2, -0.15) is 0 Å². The Hall–Kier alpha value is -2.78. The molecule has 2 saturated heterocycles. The smallest absolute Gasteiger partial charge is 0.399 e. The fourth-order valence-corrected chi connectivity index (χ4v) is 4.23. The van der Waals surface area contributed by atoms with Crippen LogP contribution in [0.1, 0.15) is 52.4 Å². The van der Waals surface area contributed by atoms with Crippen LogP contribution in [0, 0.1) is 11.6 Å². The molecule has 1 atom stereocenters. The van der Waals surface area contributed by atoms with E-state index < -0.39 is 30.0 Å². The highest BCUT2D eigenvalue weighted by atomic mass is 19.2. The summed E-state index contributed by atoms with van der Waals surface area (Å²) in [6, 6.07) is 8.85. The van der Waals surface area contributed by atoms with Crippen molar-refractivity contribution in [2.45, 2.75) is 57.8 Å². The minimum absolute atomic E-state index is 0.153. The van der Waals surface area contributed by atoms with E-state index in [4.69, 9.17) is 14.3 Å². The van der Waals surface area contributed by atoms with Crippen LogP contribution in [-0.4, -0.2) is 34.2 Å². The third kappa shape index (κ3) is 3.31. The lowest BCUT2D eigenvalue weighted by Crippen LogP contribution is -2.41. The Bertz CT molecular complexity index is 1210. The Balaban J connectivity index is 1.47. The number of nitrogens with one attached hydrogen (secondary N) is 1.